The van der Waals surface area contributed by atoms with Crippen LogP contribution >= 0.6 is 23.2 Å². The fraction of sp³-hybridized carbons (Fsp3) is 0.308. The molecule has 1 aliphatic heterocycles. The molecule has 7 heteroatoms. The summed E-state index contributed by atoms with van der Waals surface area (Å²) >= 11 is 13.0. The number of aromatic nitrogens is 1. The number of hydrogen-bond acceptors (Lipinski definition) is 3. The molecule has 0 radical (unpaired) electrons. The predicted molar refractivity (Wildman–Crippen MR) is 132 cm³/mol. The standard InChI is InChI=1S/C26H25Cl2N3O2/c1-15(2)29-14-31(30-11-10-23(32)16(3)24(30)26(29)33)25-21-12-19(27)8-6-17(21)4-5-18-7-9-20(28)13-22(18)25/h6-13,15,25H,4-5,14H2,1-3H3. The van der Waals surface area contributed by atoms with Gasteiger partial charge in [0.2, 0.25) is 0 Å². The van der Waals surface area contributed by atoms with E-state index in [0.29, 0.717) is 28.0 Å². The Hall–Kier alpha value is -2.76. The highest BCUT2D eigenvalue weighted by atomic mass is 35.5. The van der Waals surface area contributed by atoms with Gasteiger partial charge in [-0.05, 0) is 80.1 Å². The van der Waals surface area contributed by atoms with Crippen molar-refractivity contribution < 1.29 is 4.79 Å². The number of pyridine rings is 1. The molecule has 2 heterocycles. The normalized spacial score (nSPS) is 15.9. The number of carbonyl (C=O) groups is 1. The summed E-state index contributed by atoms with van der Waals surface area (Å²) in [6.45, 7) is 6.07. The SMILES string of the molecule is Cc1c2n(ccc1=O)N(C1c3cc(Cl)ccc3CCc3ccc(Cl)cc31)CN(C(C)C)C2=O. The first-order valence-corrected chi connectivity index (χ1v) is 11.9. The molecule has 1 aromatic heterocycles. The molecule has 0 atom stereocenters. The van der Waals surface area contributed by atoms with Crippen LogP contribution in [0.1, 0.15) is 58.2 Å². The summed E-state index contributed by atoms with van der Waals surface area (Å²) in [5.41, 5.74) is 5.30. The van der Waals surface area contributed by atoms with Crippen LogP contribution < -0.4 is 10.4 Å². The van der Waals surface area contributed by atoms with Crippen LogP contribution in [-0.2, 0) is 12.8 Å². The van der Waals surface area contributed by atoms with E-state index in [0.717, 1.165) is 24.0 Å². The summed E-state index contributed by atoms with van der Waals surface area (Å²) in [7, 11) is 0. The summed E-state index contributed by atoms with van der Waals surface area (Å²) in [5, 5.41) is 3.47. The minimum Gasteiger partial charge on any atom is -0.316 e. The Balaban J connectivity index is 1.82. The number of aryl methyl sites for hydroxylation is 2. The van der Waals surface area contributed by atoms with Crippen molar-refractivity contribution in [2.45, 2.75) is 45.7 Å². The van der Waals surface area contributed by atoms with Crippen molar-refractivity contribution in [3.05, 3.63) is 102 Å². The lowest BCUT2D eigenvalue weighted by Gasteiger charge is -2.46. The maximum absolute atomic E-state index is 13.4. The van der Waals surface area contributed by atoms with Gasteiger partial charge in [0.25, 0.3) is 5.91 Å². The number of carbonyl (C=O) groups excluding carboxylic acids is 1. The zero-order chi connectivity index (χ0) is 23.4. The van der Waals surface area contributed by atoms with Gasteiger partial charge in [0.05, 0.1) is 6.04 Å². The molecule has 170 valence electrons. The Kier molecular flexibility index (Phi) is 5.50. The van der Waals surface area contributed by atoms with E-state index in [2.05, 4.69) is 17.1 Å². The zero-order valence-corrected chi connectivity index (χ0v) is 20.3. The van der Waals surface area contributed by atoms with E-state index in [1.54, 1.807) is 18.0 Å². The van der Waals surface area contributed by atoms with E-state index in [1.165, 1.54) is 17.2 Å². The first-order chi connectivity index (χ1) is 15.8. The van der Waals surface area contributed by atoms with Gasteiger partial charge in [-0.2, -0.15) is 0 Å². The fourth-order valence-electron chi connectivity index (χ4n) is 4.98. The molecule has 0 saturated carbocycles. The Morgan fingerprint density at radius 3 is 2.03 bits per heavy atom. The van der Waals surface area contributed by atoms with Crippen molar-refractivity contribution >= 4 is 29.1 Å². The van der Waals surface area contributed by atoms with Crippen molar-refractivity contribution in [1.29, 1.82) is 0 Å². The van der Waals surface area contributed by atoms with Crippen LogP contribution in [0.4, 0.5) is 0 Å². The average molecular weight is 482 g/mol. The van der Waals surface area contributed by atoms with Crippen LogP contribution in [0, 0.1) is 6.92 Å². The van der Waals surface area contributed by atoms with Gasteiger partial charge in [-0.25, -0.2) is 0 Å². The molecule has 5 rings (SSSR count). The topological polar surface area (TPSA) is 45.6 Å². The molecule has 5 nitrogen and oxygen atoms in total. The molecule has 0 bridgehead atoms. The highest BCUT2D eigenvalue weighted by Gasteiger charge is 2.38. The predicted octanol–water partition coefficient (Wildman–Crippen LogP) is 5.11. The first kappa shape index (κ1) is 22.1. The lowest BCUT2D eigenvalue weighted by molar-refractivity contribution is 0.0625. The number of rotatable bonds is 2. The molecule has 2 aliphatic rings. The third kappa shape index (κ3) is 3.64. The molecule has 1 amide bonds. The molecule has 2 aromatic carbocycles. The maximum Gasteiger partial charge on any atom is 0.274 e. The van der Waals surface area contributed by atoms with E-state index in [1.807, 2.05) is 42.8 Å². The van der Waals surface area contributed by atoms with Gasteiger partial charge in [0.15, 0.2) is 5.43 Å². The molecule has 33 heavy (non-hydrogen) atoms. The van der Waals surface area contributed by atoms with E-state index < -0.39 is 0 Å². The van der Waals surface area contributed by atoms with Gasteiger partial charge in [-0.15, -0.1) is 0 Å². The third-order valence-electron chi connectivity index (χ3n) is 6.75. The second kappa shape index (κ2) is 8.23. The van der Waals surface area contributed by atoms with Crippen LogP contribution in [0.25, 0.3) is 0 Å². The molecule has 0 N–H and O–H groups in total. The Morgan fingerprint density at radius 2 is 1.48 bits per heavy atom. The molecule has 1 aliphatic carbocycles. The largest absolute Gasteiger partial charge is 0.316 e. The summed E-state index contributed by atoms with van der Waals surface area (Å²) in [4.78, 5) is 27.7. The molecule has 3 aromatic rings. The summed E-state index contributed by atoms with van der Waals surface area (Å²) in [6.07, 6.45) is 3.47. The van der Waals surface area contributed by atoms with E-state index >= 15 is 0 Å². The van der Waals surface area contributed by atoms with Gasteiger partial charge < -0.3 is 4.90 Å². The lowest BCUT2D eigenvalue weighted by atomic mass is 9.94. The minimum absolute atomic E-state index is 0.0353. The van der Waals surface area contributed by atoms with Crippen LogP contribution in [0.2, 0.25) is 10.0 Å². The fourth-order valence-corrected chi connectivity index (χ4v) is 5.34. The molecule has 0 fully saturated rings. The monoisotopic (exact) mass is 481 g/mol. The van der Waals surface area contributed by atoms with E-state index in [-0.39, 0.29) is 23.4 Å². The lowest BCUT2D eigenvalue weighted by Crippen LogP contribution is -2.57. The third-order valence-corrected chi connectivity index (χ3v) is 7.22. The summed E-state index contributed by atoms with van der Waals surface area (Å²) in [5.74, 6) is -0.136. The van der Waals surface area contributed by atoms with Crippen LogP contribution in [0.5, 0.6) is 0 Å². The second-order valence-corrected chi connectivity index (χ2v) is 9.91. The van der Waals surface area contributed by atoms with Gasteiger partial charge in [0.1, 0.15) is 12.4 Å². The van der Waals surface area contributed by atoms with Crippen molar-refractivity contribution in [3.8, 4) is 0 Å². The number of nitrogens with zero attached hydrogens (tertiary/aromatic N) is 3. The average Bonchev–Trinajstić information content (AvgIpc) is 2.92. The molecule has 0 spiro atoms. The van der Waals surface area contributed by atoms with Crippen molar-refractivity contribution in [3.63, 3.8) is 0 Å². The Bertz CT molecular complexity index is 1280. The van der Waals surface area contributed by atoms with Gasteiger partial charge in [-0.3, -0.25) is 19.3 Å². The van der Waals surface area contributed by atoms with Crippen molar-refractivity contribution in [2.24, 2.45) is 0 Å². The Labute approximate surface area is 203 Å². The Morgan fingerprint density at radius 1 is 0.909 bits per heavy atom. The van der Waals surface area contributed by atoms with E-state index in [9.17, 15) is 9.59 Å². The number of fused-ring (bicyclic) bond motifs is 3. The maximum atomic E-state index is 13.4. The first-order valence-electron chi connectivity index (χ1n) is 11.1. The number of hydrogen-bond donors (Lipinski definition) is 0. The highest BCUT2D eigenvalue weighted by molar-refractivity contribution is 6.31. The van der Waals surface area contributed by atoms with Crippen molar-refractivity contribution in [1.82, 2.24) is 9.58 Å². The number of benzene rings is 2. The molecular weight excluding hydrogens is 457 g/mol. The van der Waals surface area contributed by atoms with Gasteiger partial charge >= 0.3 is 0 Å². The van der Waals surface area contributed by atoms with Gasteiger partial charge in [0, 0.05) is 33.9 Å². The molecule has 0 unspecified atom stereocenters. The van der Waals surface area contributed by atoms with Gasteiger partial charge in [-0.1, -0.05) is 35.3 Å². The highest BCUT2D eigenvalue weighted by Crippen LogP contribution is 2.40. The number of halogens is 2. The minimum atomic E-state index is -0.232. The van der Waals surface area contributed by atoms with Crippen LogP contribution in [-0.4, -0.2) is 28.2 Å². The summed E-state index contributed by atoms with van der Waals surface area (Å²) in [6, 6.07) is 13.3. The molecule has 0 saturated heterocycles. The van der Waals surface area contributed by atoms with Crippen LogP contribution in [0.3, 0.4) is 0 Å². The summed E-state index contributed by atoms with van der Waals surface area (Å²) < 4.78 is 1.85. The number of amides is 1. The van der Waals surface area contributed by atoms with Crippen LogP contribution in [0.15, 0.2) is 53.5 Å². The molecular formula is C26H25Cl2N3O2. The van der Waals surface area contributed by atoms with E-state index in [4.69, 9.17) is 23.2 Å². The quantitative estimate of drug-likeness (QED) is 0.510. The second-order valence-electron chi connectivity index (χ2n) is 9.04. The smallest absolute Gasteiger partial charge is 0.274 e. The van der Waals surface area contributed by atoms with Crippen molar-refractivity contribution in [2.75, 3.05) is 11.7 Å². The zero-order valence-electron chi connectivity index (χ0n) is 18.8.